The van der Waals surface area contributed by atoms with E-state index in [9.17, 15) is 0 Å². The third-order valence-corrected chi connectivity index (χ3v) is 7.39. The van der Waals surface area contributed by atoms with Crippen molar-refractivity contribution in [3.8, 4) is 34.0 Å². The Morgan fingerprint density at radius 3 is 1.82 bits per heavy atom. The van der Waals surface area contributed by atoms with Crippen LogP contribution in [0.5, 0.6) is 0 Å². The molecule has 4 rings (SSSR count). The zero-order chi connectivity index (χ0) is 19.2. The average molecular weight is 481 g/mol. The molecule has 0 aliphatic carbocycles. The van der Waals surface area contributed by atoms with Crippen molar-refractivity contribution in [3.05, 3.63) is 82.4 Å². The number of nitrogens with zero attached hydrogens (tertiary/aromatic N) is 2. The van der Waals surface area contributed by atoms with Gasteiger partial charge in [-0.1, -0.05) is 18.2 Å². The Morgan fingerprint density at radius 2 is 1.21 bits per heavy atom. The van der Waals surface area contributed by atoms with Crippen LogP contribution in [0.2, 0.25) is 0 Å². The molecule has 4 heteroatoms. The molecule has 0 aliphatic heterocycles. The Morgan fingerprint density at radius 1 is 0.679 bits per heavy atom. The van der Waals surface area contributed by atoms with Gasteiger partial charge in [0.05, 0.1) is 0 Å². The molecule has 1 aromatic heterocycles. The fraction of sp³-hybridized carbons (Fsp3) is 0.167. The maximum absolute atomic E-state index is 5.85. The van der Waals surface area contributed by atoms with E-state index in [2.05, 4.69) is 53.5 Å². The van der Waals surface area contributed by atoms with Crippen LogP contribution in [0.15, 0.2) is 83.3 Å². The van der Waals surface area contributed by atoms with Gasteiger partial charge in [-0.3, -0.25) is 0 Å². The second-order valence-electron chi connectivity index (χ2n) is 6.54. The van der Waals surface area contributed by atoms with Gasteiger partial charge in [0.1, 0.15) is 0 Å². The summed E-state index contributed by atoms with van der Waals surface area (Å²) < 4.78 is 8.74. The van der Waals surface area contributed by atoms with Crippen LogP contribution >= 0.6 is 0 Å². The molecule has 0 saturated heterocycles. The van der Waals surface area contributed by atoms with Crippen molar-refractivity contribution < 1.29 is 25.6 Å². The fourth-order valence-corrected chi connectivity index (χ4v) is 5.52. The van der Waals surface area contributed by atoms with Crippen LogP contribution in [0.3, 0.4) is 0 Å². The molecule has 1 heterocycles. The monoisotopic (exact) mass is 481 g/mol. The van der Waals surface area contributed by atoms with Crippen LogP contribution in [0.25, 0.3) is 34.0 Å². The molecule has 0 radical (unpaired) electrons. The summed E-state index contributed by atoms with van der Waals surface area (Å²) >= 11 is 0.156. The van der Waals surface area contributed by atoms with E-state index in [-0.39, 0.29) is 21.2 Å². The molecule has 0 bridgehead atoms. The molecule has 0 amide bonds. The SMILES string of the molecule is CCCC[I-]c1ccc(-c2ccc(-c3nnc(-c4ccccc4)o3)cc2)cc1. The molecular formula is C24H22IN2O-. The van der Waals surface area contributed by atoms with Gasteiger partial charge in [-0.25, -0.2) is 0 Å². The van der Waals surface area contributed by atoms with Crippen molar-refractivity contribution in [1.29, 1.82) is 0 Å². The van der Waals surface area contributed by atoms with E-state index in [0.717, 1.165) is 11.1 Å². The zero-order valence-corrected chi connectivity index (χ0v) is 18.0. The summed E-state index contributed by atoms with van der Waals surface area (Å²) in [5.74, 6) is 1.09. The fourth-order valence-electron chi connectivity index (χ4n) is 2.88. The van der Waals surface area contributed by atoms with Gasteiger partial charge in [0.25, 0.3) is 0 Å². The summed E-state index contributed by atoms with van der Waals surface area (Å²) in [6.07, 6.45) is 2.63. The topological polar surface area (TPSA) is 38.9 Å². The number of aromatic nitrogens is 2. The van der Waals surface area contributed by atoms with Crippen molar-refractivity contribution in [2.24, 2.45) is 0 Å². The van der Waals surface area contributed by atoms with Crippen LogP contribution in [0.4, 0.5) is 0 Å². The van der Waals surface area contributed by atoms with Gasteiger partial charge in [0.15, 0.2) is 0 Å². The first-order chi connectivity index (χ1) is 13.8. The first-order valence-electron chi connectivity index (χ1n) is 9.52. The summed E-state index contributed by atoms with van der Waals surface area (Å²) in [6.45, 7) is 2.26. The second kappa shape index (κ2) is 9.15. The van der Waals surface area contributed by atoms with E-state index in [0.29, 0.717) is 11.8 Å². The summed E-state index contributed by atoms with van der Waals surface area (Å²) in [7, 11) is 0. The third-order valence-electron chi connectivity index (χ3n) is 4.49. The van der Waals surface area contributed by atoms with Crippen LogP contribution in [0.1, 0.15) is 19.8 Å². The van der Waals surface area contributed by atoms with Crippen LogP contribution in [-0.4, -0.2) is 14.6 Å². The molecule has 28 heavy (non-hydrogen) atoms. The number of alkyl halides is 1. The normalized spacial score (nSPS) is 11.0. The van der Waals surface area contributed by atoms with Gasteiger partial charge in [0, 0.05) is 0 Å². The number of unbranched alkanes of at least 4 members (excludes halogenated alkanes) is 1. The Kier molecular flexibility index (Phi) is 6.17. The number of halogens is 1. The summed E-state index contributed by atoms with van der Waals surface area (Å²) in [4.78, 5) is 0. The van der Waals surface area contributed by atoms with E-state index in [1.807, 2.05) is 42.5 Å². The van der Waals surface area contributed by atoms with E-state index in [4.69, 9.17) is 4.42 Å². The molecule has 4 aromatic rings. The molecule has 0 N–H and O–H groups in total. The number of hydrogen-bond donors (Lipinski definition) is 0. The van der Waals surface area contributed by atoms with Crippen molar-refractivity contribution in [2.45, 2.75) is 19.8 Å². The molecule has 3 aromatic carbocycles. The number of rotatable bonds is 7. The minimum atomic E-state index is 0.156. The Hall–Kier alpha value is -2.47. The molecule has 0 fully saturated rings. The Labute approximate surface area is 176 Å². The van der Waals surface area contributed by atoms with Crippen molar-refractivity contribution in [1.82, 2.24) is 10.2 Å². The predicted molar refractivity (Wildman–Crippen MR) is 109 cm³/mol. The summed E-state index contributed by atoms with van der Waals surface area (Å²) in [5, 5.41) is 8.37. The van der Waals surface area contributed by atoms with E-state index >= 15 is 0 Å². The number of hydrogen-bond acceptors (Lipinski definition) is 3. The molecule has 142 valence electrons. The predicted octanol–water partition coefficient (Wildman–Crippen LogP) is 3.13. The van der Waals surface area contributed by atoms with Crippen molar-refractivity contribution >= 4 is 0 Å². The third kappa shape index (κ3) is 4.50. The van der Waals surface area contributed by atoms with E-state index < -0.39 is 0 Å². The molecule has 0 aliphatic rings. The second-order valence-corrected chi connectivity index (χ2v) is 9.63. The van der Waals surface area contributed by atoms with Gasteiger partial charge in [-0.05, 0) is 12.1 Å². The molecule has 0 atom stereocenters. The number of benzene rings is 3. The molecule has 0 unspecified atom stereocenters. The standard InChI is InChI=1S/C24H22IN2O/c1-2-3-17-25-22-15-13-19(14-16-22)18-9-11-21(12-10-18)24-27-26-23(28-24)20-7-5-4-6-8-20/h4-16H,2-3,17H2,1H3/q-1. The first kappa shape index (κ1) is 18.9. The Balaban J connectivity index is 1.48. The summed E-state index contributed by atoms with van der Waals surface area (Å²) in [6, 6.07) is 27.2. The van der Waals surface area contributed by atoms with Gasteiger partial charge in [0.2, 0.25) is 0 Å². The van der Waals surface area contributed by atoms with E-state index in [1.54, 1.807) is 0 Å². The van der Waals surface area contributed by atoms with Gasteiger partial charge in [-0.2, -0.15) is 0 Å². The van der Waals surface area contributed by atoms with Gasteiger partial charge in [-0.15, -0.1) is 0 Å². The zero-order valence-electron chi connectivity index (χ0n) is 15.8. The molecule has 3 nitrogen and oxygen atoms in total. The maximum atomic E-state index is 5.85. The summed E-state index contributed by atoms with van der Waals surface area (Å²) in [5.41, 5.74) is 4.30. The average Bonchev–Trinajstić information content (AvgIpc) is 3.26. The quantitative estimate of drug-likeness (QED) is 0.231. The van der Waals surface area contributed by atoms with E-state index in [1.165, 1.54) is 32.0 Å². The van der Waals surface area contributed by atoms with Gasteiger partial charge >= 0.3 is 146 Å². The molecular weight excluding hydrogens is 459 g/mol. The first-order valence-corrected chi connectivity index (χ1v) is 12.1. The molecule has 0 spiro atoms. The van der Waals surface area contributed by atoms with Gasteiger partial charge < -0.3 is 0 Å². The van der Waals surface area contributed by atoms with Crippen LogP contribution in [0, 0.1) is 3.57 Å². The minimum absolute atomic E-state index is 0.156. The molecule has 0 saturated carbocycles. The van der Waals surface area contributed by atoms with Crippen molar-refractivity contribution in [3.63, 3.8) is 0 Å². The Bertz CT molecular complexity index is 1010. The van der Waals surface area contributed by atoms with Crippen molar-refractivity contribution in [2.75, 3.05) is 4.43 Å². The van der Waals surface area contributed by atoms with Crippen LogP contribution in [-0.2, 0) is 0 Å². The van der Waals surface area contributed by atoms with Crippen LogP contribution < -0.4 is 21.2 Å².